The van der Waals surface area contributed by atoms with Gasteiger partial charge in [-0.1, -0.05) is 0 Å². The highest BCUT2D eigenvalue weighted by Crippen LogP contribution is 2.24. The summed E-state index contributed by atoms with van der Waals surface area (Å²) in [6, 6.07) is 3.52. The summed E-state index contributed by atoms with van der Waals surface area (Å²) in [6.07, 6.45) is 1.45. The molecule has 0 amide bonds. The third kappa shape index (κ3) is 3.02. The second-order valence-electron chi connectivity index (χ2n) is 4.01. The molecule has 0 bridgehead atoms. The maximum absolute atomic E-state index is 13.8. The predicted molar refractivity (Wildman–Crippen MR) is 69.2 cm³/mol. The molecule has 0 radical (unpaired) electrons. The summed E-state index contributed by atoms with van der Waals surface area (Å²) < 4.78 is 37.1. The first-order valence-corrected chi connectivity index (χ1v) is 5.87. The Hall–Kier alpha value is -2.82. The summed E-state index contributed by atoms with van der Waals surface area (Å²) in [5.41, 5.74) is 2.51. The van der Waals surface area contributed by atoms with Crippen molar-refractivity contribution < 1.29 is 18.3 Å². The number of hydrazine groups is 1. The van der Waals surface area contributed by atoms with Crippen molar-refractivity contribution in [3.8, 4) is 6.07 Å². The van der Waals surface area contributed by atoms with Crippen LogP contribution in [0.3, 0.4) is 0 Å². The van der Waals surface area contributed by atoms with Gasteiger partial charge >= 0.3 is 0 Å². The second-order valence-corrected chi connectivity index (χ2v) is 4.01. The molecule has 6 nitrogen and oxygen atoms in total. The summed E-state index contributed by atoms with van der Waals surface area (Å²) in [6.45, 7) is 0. The number of halogens is 2. The fourth-order valence-corrected chi connectivity index (χ4v) is 1.72. The van der Waals surface area contributed by atoms with Crippen LogP contribution < -0.4 is 5.43 Å². The van der Waals surface area contributed by atoms with E-state index in [-0.39, 0.29) is 17.3 Å². The predicted octanol–water partition coefficient (Wildman–Crippen LogP) is 1.80. The maximum atomic E-state index is 13.8. The molecule has 1 aliphatic rings. The summed E-state index contributed by atoms with van der Waals surface area (Å²) in [5, 5.41) is 14.3. The molecule has 1 N–H and O–H groups in total. The number of methoxy groups -OCH3 is 2. The zero-order valence-corrected chi connectivity index (χ0v) is 11.3. The number of nitrogens with one attached hydrogen (secondary N) is 1. The Bertz CT molecular complexity index is 640. The van der Waals surface area contributed by atoms with Crippen LogP contribution in [0.25, 0.3) is 0 Å². The van der Waals surface area contributed by atoms with Crippen molar-refractivity contribution in [3.05, 3.63) is 47.4 Å². The van der Waals surface area contributed by atoms with E-state index >= 15 is 0 Å². The van der Waals surface area contributed by atoms with E-state index in [2.05, 4.69) is 10.5 Å². The SMILES string of the molecule is COC1=CC(OC)=NN(C(C#N)c2cc(F)ccc2F)N1. The zero-order chi connectivity index (χ0) is 15.4. The van der Waals surface area contributed by atoms with Crippen LogP contribution in [-0.4, -0.2) is 25.2 Å². The minimum atomic E-state index is -1.20. The number of nitriles is 1. The highest BCUT2D eigenvalue weighted by Gasteiger charge is 2.27. The van der Waals surface area contributed by atoms with E-state index in [1.54, 1.807) is 0 Å². The van der Waals surface area contributed by atoms with Crippen LogP contribution in [0.2, 0.25) is 0 Å². The monoisotopic (exact) mass is 294 g/mol. The van der Waals surface area contributed by atoms with Crippen LogP contribution in [0, 0.1) is 23.0 Å². The second kappa shape index (κ2) is 6.09. The largest absolute Gasteiger partial charge is 0.481 e. The Balaban J connectivity index is 2.39. The Morgan fingerprint density at radius 1 is 1.33 bits per heavy atom. The molecular weight excluding hydrogens is 282 g/mol. The van der Waals surface area contributed by atoms with Crippen LogP contribution in [0.5, 0.6) is 0 Å². The van der Waals surface area contributed by atoms with E-state index in [4.69, 9.17) is 9.47 Å². The van der Waals surface area contributed by atoms with Gasteiger partial charge in [0, 0.05) is 5.56 Å². The summed E-state index contributed by atoms with van der Waals surface area (Å²) in [4.78, 5) is 0. The molecule has 1 heterocycles. The summed E-state index contributed by atoms with van der Waals surface area (Å²) >= 11 is 0. The van der Waals surface area contributed by atoms with Crippen molar-refractivity contribution in [2.45, 2.75) is 6.04 Å². The van der Waals surface area contributed by atoms with Gasteiger partial charge in [-0.25, -0.2) is 14.2 Å². The lowest BCUT2D eigenvalue weighted by molar-refractivity contribution is 0.110. The van der Waals surface area contributed by atoms with Gasteiger partial charge in [-0.3, -0.25) is 0 Å². The van der Waals surface area contributed by atoms with Crippen LogP contribution in [0.4, 0.5) is 8.78 Å². The van der Waals surface area contributed by atoms with Gasteiger partial charge in [-0.05, 0) is 18.2 Å². The molecule has 2 rings (SSSR count). The van der Waals surface area contributed by atoms with E-state index in [0.717, 1.165) is 23.3 Å². The fourth-order valence-electron chi connectivity index (χ4n) is 1.72. The van der Waals surface area contributed by atoms with E-state index in [9.17, 15) is 14.0 Å². The standard InChI is InChI=1S/C13H12F2N4O2/c1-20-12-6-13(21-2)18-19(17-12)11(7-16)9-5-8(14)3-4-10(9)15/h3-6,11,17H,1-2H3. The number of hydrazone groups is 1. The molecule has 1 aliphatic heterocycles. The normalized spacial score (nSPS) is 15.3. The van der Waals surface area contributed by atoms with Crippen molar-refractivity contribution in [1.82, 2.24) is 10.5 Å². The van der Waals surface area contributed by atoms with Crippen LogP contribution in [-0.2, 0) is 9.47 Å². The van der Waals surface area contributed by atoms with Crippen molar-refractivity contribution >= 4 is 5.90 Å². The molecule has 0 saturated carbocycles. The van der Waals surface area contributed by atoms with Gasteiger partial charge in [-0.15, -0.1) is 5.10 Å². The summed E-state index contributed by atoms with van der Waals surface area (Å²) in [7, 11) is 2.79. The van der Waals surface area contributed by atoms with Gasteiger partial charge < -0.3 is 9.47 Å². The number of benzene rings is 1. The third-order valence-electron chi connectivity index (χ3n) is 2.73. The number of hydrogen-bond acceptors (Lipinski definition) is 6. The molecule has 8 heteroatoms. The van der Waals surface area contributed by atoms with E-state index < -0.39 is 17.7 Å². The fraction of sp³-hybridized carbons (Fsp3) is 0.231. The lowest BCUT2D eigenvalue weighted by Gasteiger charge is -2.29. The van der Waals surface area contributed by atoms with Gasteiger partial charge in [0.1, 0.15) is 11.6 Å². The molecule has 1 aromatic rings. The van der Waals surface area contributed by atoms with Crippen molar-refractivity contribution in [2.75, 3.05) is 14.2 Å². The number of rotatable bonds is 3. The van der Waals surface area contributed by atoms with E-state index in [1.165, 1.54) is 20.3 Å². The quantitative estimate of drug-likeness (QED) is 0.920. The van der Waals surface area contributed by atoms with Crippen LogP contribution in [0.15, 0.2) is 35.3 Å². The zero-order valence-electron chi connectivity index (χ0n) is 11.3. The van der Waals surface area contributed by atoms with Gasteiger partial charge in [-0.2, -0.15) is 10.4 Å². The molecule has 0 fully saturated rings. The molecule has 21 heavy (non-hydrogen) atoms. The van der Waals surface area contributed by atoms with Crippen molar-refractivity contribution in [1.29, 1.82) is 5.26 Å². The van der Waals surface area contributed by atoms with Gasteiger partial charge in [0.15, 0.2) is 6.04 Å². The average Bonchev–Trinajstić information content (AvgIpc) is 2.51. The first-order valence-electron chi connectivity index (χ1n) is 5.87. The van der Waals surface area contributed by atoms with Crippen molar-refractivity contribution in [3.63, 3.8) is 0 Å². The Morgan fingerprint density at radius 2 is 2.10 bits per heavy atom. The first kappa shape index (κ1) is 14.6. The number of ether oxygens (including phenoxy) is 2. The molecule has 1 aromatic carbocycles. The molecule has 0 spiro atoms. The molecule has 110 valence electrons. The highest BCUT2D eigenvalue weighted by atomic mass is 19.1. The molecular formula is C13H12F2N4O2. The lowest BCUT2D eigenvalue weighted by Crippen LogP contribution is -2.40. The van der Waals surface area contributed by atoms with E-state index in [0.29, 0.717) is 0 Å². The van der Waals surface area contributed by atoms with E-state index in [1.807, 2.05) is 6.07 Å². The Kier molecular flexibility index (Phi) is 4.23. The highest BCUT2D eigenvalue weighted by molar-refractivity contribution is 5.88. The third-order valence-corrected chi connectivity index (χ3v) is 2.73. The van der Waals surface area contributed by atoms with Crippen LogP contribution in [0.1, 0.15) is 11.6 Å². The first-order chi connectivity index (χ1) is 10.1. The topological polar surface area (TPSA) is 69.9 Å². The molecule has 1 atom stereocenters. The maximum Gasteiger partial charge on any atom is 0.238 e. The van der Waals surface area contributed by atoms with Gasteiger partial charge in [0.25, 0.3) is 0 Å². The van der Waals surface area contributed by atoms with Gasteiger partial charge in [0.2, 0.25) is 11.8 Å². The van der Waals surface area contributed by atoms with Crippen LogP contribution >= 0.6 is 0 Å². The average molecular weight is 294 g/mol. The molecule has 1 unspecified atom stereocenters. The summed E-state index contributed by atoms with van der Waals surface area (Å²) in [5.74, 6) is -0.962. The molecule has 0 saturated heterocycles. The number of hydrogen-bond donors (Lipinski definition) is 1. The number of nitrogens with zero attached hydrogens (tertiary/aromatic N) is 3. The smallest absolute Gasteiger partial charge is 0.238 e. The Labute approximate surface area is 119 Å². The van der Waals surface area contributed by atoms with Crippen molar-refractivity contribution in [2.24, 2.45) is 5.10 Å². The minimum absolute atomic E-state index is 0.151. The van der Waals surface area contributed by atoms with Gasteiger partial charge in [0.05, 0.1) is 26.4 Å². The molecule has 0 aromatic heterocycles. The molecule has 0 aliphatic carbocycles. The minimum Gasteiger partial charge on any atom is -0.481 e. The Morgan fingerprint density at radius 3 is 2.71 bits per heavy atom. The lowest BCUT2D eigenvalue weighted by atomic mass is 10.1.